The van der Waals surface area contributed by atoms with Gasteiger partial charge in [0, 0.05) is 12.0 Å². The minimum atomic E-state index is -0.342. The smallest absolute Gasteiger partial charge is 0.333 e. The summed E-state index contributed by atoms with van der Waals surface area (Å²) in [7, 11) is 1.61. The van der Waals surface area contributed by atoms with Crippen molar-refractivity contribution >= 4 is 5.97 Å². The van der Waals surface area contributed by atoms with Crippen LogP contribution in [0, 0.1) is 0 Å². The third-order valence-electron chi connectivity index (χ3n) is 2.12. The van der Waals surface area contributed by atoms with Crippen LogP contribution in [0.25, 0.3) is 0 Å². The van der Waals surface area contributed by atoms with Gasteiger partial charge in [-0.25, -0.2) is 4.79 Å². The highest BCUT2D eigenvalue weighted by atomic mass is 16.5. The molecule has 0 atom stereocenters. The first-order valence-corrected chi connectivity index (χ1v) is 5.15. The molecule has 0 N–H and O–H groups in total. The SMILES string of the molecule is C=C(Cc1cccc(OC)c1)C(=O)OCC. The maximum absolute atomic E-state index is 11.3. The van der Waals surface area contributed by atoms with Gasteiger partial charge in [0.15, 0.2) is 0 Å². The largest absolute Gasteiger partial charge is 0.497 e. The molecular weight excluding hydrogens is 204 g/mol. The summed E-state index contributed by atoms with van der Waals surface area (Å²) in [5.74, 6) is 0.430. The third-order valence-corrected chi connectivity index (χ3v) is 2.12. The zero-order valence-corrected chi connectivity index (χ0v) is 9.66. The minimum absolute atomic E-state index is 0.342. The lowest BCUT2D eigenvalue weighted by molar-refractivity contribution is -0.138. The van der Waals surface area contributed by atoms with Crippen molar-refractivity contribution in [2.45, 2.75) is 13.3 Å². The molecule has 1 aromatic carbocycles. The van der Waals surface area contributed by atoms with Gasteiger partial charge in [0.2, 0.25) is 0 Å². The molecule has 0 saturated heterocycles. The Morgan fingerprint density at radius 1 is 1.44 bits per heavy atom. The van der Waals surface area contributed by atoms with Crippen LogP contribution in [-0.4, -0.2) is 19.7 Å². The summed E-state index contributed by atoms with van der Waals surface area (Å²) in [6, 6.07) is 7.54. The highest BCUT2D eigenvalue weighted by Crippen LogP contribution is 2.15. The highest BCUT2D eigenvalue weighted by molar-refractivity contribution is 5.88. The molecule has 0 aliphatic heterocycles. The van der Waals surface area contributed by atoms with Crippen LogP contribution < -0.4 is 4.74 Å². The number of hydrogen-bond donors (Lipinski definition) is 0. The molecule has 86 valence electrons. The molecule has 0 bridgehead atoms. The van der Waals surface area contributed by atoms with Crippen LogP contribution in [-0.2, 0) is 16.0 Å². The van der Waals surface area contributed by atoms with Gasteiger partial charge in [0.05, 0.1) is 13.7 Å². The molecule has 0 radical (unpaired) electrons. The maximum atomic E-state index is 11.3. The fraction of sp³-hybridized carbons (Fsp3) is 0.308. The zero-order chi connectivity index (χ0) is 12.0. The summed E-state index contributed by atoms with van der Waals surface area (Å²) >= 11 is 0. The van der Waals surface area contributed by atoms with Gasteiger partial charge >= 0.3 is 5.97 Å². The Hall–Kier alpha value is -1.77. The molecule has 0 aliphatic carbocycles. The number of rotatable bonds is 5. The van der Waals surface area contributed by atoms with Gasteiger partial charge in [-0.15, -0.1) is 0 Å². The quantitative estimate of drug-likeness (QED) is 0.564. The molecule has 3 nitrogen and oxygen atoms in total. The zero-order valence-electron chi connectivity index (χ0n) is 9.66. The third kappa shape index (κ3) is 3.42. The second-order valence-corrected chi connectivity index (χ2v) is 3.35. The van der Waals surface area contributed by atoms with E-state index in [1.165, 1.54) is 0 Å². The predicted molar refractivity (Wildman–Crippen MR) is 62.5 cm³/mol. The number of hydrogen-bond acceptors (Lipinski definition) is 3. The Bertz CT molecular complexity index is 383. The Balaban J connectivity index is 2.65. The summed E-state index contributed by atoms with van der Waals surface area (Å²) in [5, 5.41) is 0. The van der Waals surface area contributed by atoms with Crippen LogP contribution in [0.1, 0.15) is 12.5 Å². The second kappa shape index (κ2) is 5.95. The van der Waals surface area contributed by atoms with Crippen LogP contribution in [0.3, 0.4) is 0 Å². The Kier molecular flexibility index (Phi) is 4.58. The van der Waals surface area contributed by atoms with E-state index in [0.717, 1.165) is 11.3 Å². The van der Waals surface area contributed by atoms with Crippen molar-refractivity contribution in [2.75, 3.05) is 13.7 Å². The molecule has 0 fully saturated rings. The molecule has 0 amide bonds. The first kappa shape index (κ1) is 12.3. The number of carbonyl (C=O) groups excluding carboxylic acids is 1. The molecule has 1 rings (SSSR count). The van der Waals surface area contributed by atoms with Gasteiger partial charge < -0.3 is 9.47 Å². The summed E-state index contributed by atoms with van der Waals surface area (Å²) in [6.07, 6.45) is 0.482. The first-order valence-electron chi connectivity index (χ1n) is 5.15. The van der Waals surface area contributed by atoms with Crippen LogP contribution >= 0.6 is 0 Å². The van der Waals surface area contributed by atoms with E-state index in [1.54, 1.807) is 14.0 Å². The number of benzene rings is 1. The topological polar surface area (TPSA) is 35.5 Å². The first-order chi connectivity index (χ1) is 7.67. The van der Waals surface area contributed by atoms with Crippen LogP contribution in [0.2, 0.25) is 0 Å². The van der Waals surface area contributed by atoms with Crippen LogP contribution in [0.15, 0.2) is 36.4 Å². The fourth-order valence-corrected chi connectivity index (χ4v) is 1.33. The van der Waals surface area contributed by atoms with Gasteiger partial charge in [-0.05, 0) is 24.6 Å². The highest BCUT2D eigenvalue weighted by Gasteiger charge is 2.08. The molecule has 1 aromatic rings. The number of carbonyl (C=O) groups is 1. The Morgan fingerprint density at radius 3 is 2.81 bits per heavy atom. The molecule has 0 saturated carbocycles. The van der Waals surface area contributed by atoms with Crippen molar-refractivity contribution in [2.24, 2.45) is 0 Å². The normalized spacial score (nSPS) is 9.62. The summed E-state index contributed by atoms with van der Waals surface area (Å²) in [5.41, 5.74) is 1.44. The molecule has 0 unspecified atom stereocenters. The monoisotopic (exact) mass is 220 g/mol. The van der Waals surface area contributed by atoms with Gasteiger partial charge in [0.1, 0.15) is 5.75 Å². The van der Waals surface area contributed by atoms with Crippen molar-refractivity contribution in [3.63, 3.8) is 0 Å². The summed E-state index contributed by atoms with van der Waals surface area (Å²) in [6.45, 7) is 5.85. The van der Waals surface area contributed by atoms with E-state index < -0.39 is 0 Å². The van der Waals surface area contributed by atoms with Gasteiger partial charge in [-0.3, -0.25) is 0 Å². The fourth-order valence-electron chi connectivity index (χ4n) is 1.33. The van der Waals surface area contributed by atoms with Gasteiger partial charge in [-0.1, -0.05) is 18.7 Å². The number of esters is 1. The van der Waals surface area contributed by atoms with E-state index in [2.05, 4.69) is 6.58 Å². The second-order valence-electron chi connectivity index (χ2n) is 3.35. The lowest BCUT2D eigenvalue weighted by Gasteiger charge is -2.06. The van der Waals surface area contributed by atoms with Crippen molar-refractivity contribution in [3.05, 3.63) is 42.0 Å². The van der Waals surface area contributed by atoms with Crippen molar-refractivity contribution in [1.29, 1.82) is 0 Å². The Morgan fingerprint density at radius 2 is 2.19 bits per heavy atom. The van der Waals surface area contributed by atoms with Gasteiger partial charge in [-0.2, -0.15) is 0 Å². The van der Waals surface area contributed by atoms with Crippen LogP contribution in [0.5, 0.6) is 5.75 Å². The van der Waals surface area contributed by atoms with E-state index in [4.69, 9.17) is 9.47 Å². The minimum Gasteiger partial charge on any atom is -0.497 e. The van der Waals surface area contributed by atoms with Crippen LogP contribution in [0.4, 0.5) is 0 Å². The predicted octanol–water partition coefficient (Wildman–Crippen LogP) is 2.36. The molecule has 0 aromatic heterocycles. The average molecular weight is 220 g/mol. The molecule has 0 aliphatic rings. The maximum Gasteiger partial charge on any atom is 0.333 e. The van der Waals surface area contributed by atoms with E-state index in [9.17, 15) is 4.79 Å². The number of methoxy groups -OCH3 is 1. The molecule has 3 heteroatoms. The average Bonchev–Trinajstić information content (AvgIpc) is 2.29. The Labute approximate surface area is 95.7 Å². The van der Waals surface area contributed by atoms with Crippen molar-refractivity contribution in [1.82, 2.24) is 0 Å². The van der Waals surface area contributed by atoms with E-state index in [1.807, 2.05) is 24.3 Å². The van der Waals surface area contributed by atoms with E-state index >= 15 is 0 Å². The van der Waals surface area contributed by atoms with E-state index in [-0.39, 0.29) is 5.97 Å². The molecular formula is C13H16O3. The molecule has 0 heterocycles. The molecule has 16 heavy (non-hydrogen) atoms. The molecule has 0 spiro atoms. The number of ether oxygens (including phenoxy) is 2. The van der Waals surface area contributed by atoms with E-state index in [0.29, 0.717) is 18.6 Å². The standard InChI is InChI=1S/C13H16O3/c1-4-16-13(14)10(2)8-11-6-5-7-12(9-11)15-3/h5-7,9H,2,4,8H2,1,3H3. The van der Waals surface area contributed by atoms with Crippen molar-refractivity contribution < 1.29 is 14.3 Å². The lowest BCUT2D eigenvalue weighted by atomic mass is 10.1. The van der Waals surface area contributed by atoms with Gasteiger partial charge in [0.25, 0.3) is 0 Å². The lowest BCUT2D eigenvalue weighted by Crippen LogP contribution is -2.08. The summed E-state index contributed by atoms with van der Waals surface area (Å²) < 4.78 is 9.96. The summed E-state index contributed by atoms with van der Waals surface area (Å²) in [4.78, 5) is 11.3. The van der Waals surface area contributed by atoms with Crippen molar-refractivity contribution in [3.8, 4) is 5.75 Å².